The predicted octanol–water partition coefficient (Wildman–Crippen LogP) is -0.300. The summed E-state index contributed by atoms with van der Waals surface area (Å²) in [6, 6.07) is 5.52. The number of amides is 4. The van der Waals surface area contributed by atoms with Crippen LogP contribution >= 0.6 is 0 Å². The van der Waals surface area contributed by atoms with Crippen molar-refractivity contribution in [3.8, 4) is 5.75 Å². The minimum absolute atomic E-state index is 0.0656. The number of likely N-dealkylation sites (tertiary alicyclic amines) is 1. The zero-order valence-corrected chi connectivity index (χ0v) is 17.8. The lowest BCUT2D eigenvalue weighted by molar-refractivity contribution is -0.141. The lowest BCUT2D eigenvalue weighted by Crippen LogP contribution is -2.62. The van der Waals surface area contributed by atoms with E-state index in [2.05, 4.69) is 26.0 Å². The van der Waals surface area contributed by atoms with Gasteiger partial charge in [0, 0.05) is 26.2 Å². The van der Waals surface area contributed by atoms with Crippen LogP contribution in [0.4, 0.5) is 10.1 Å². The zero-order chi connectivity index (χ0) is 24.0. The Bertz CT molecular complexity index is 1370. The number of ether oxygens (including phenoxy) is 1. The zero-order valence-electron chi connectivity index (χ0n) is 17.8. The molecule has 12 nitrogen and oxygen atoms in total. The normalized spacial score (nSPS) is 16.9. The van der Waals surface area contributed by atoms with Crippen molar-refractivity contribution in [2.24, 2.45) is 0 Å². The Kier molecular flexibility index (Phi) is 5.07. The van der Waals surface area contributed by atoms with E-state index in [9.17, 15) is 23.6 Å². The lowest BCUT2D eigenvalue weighted by atomic mass is 10.1. The number of benzene rings is 1. The van der Waals surface area contributed by atoms with Gasteiger partial charge in [-0.15, -0.1) is 0 Å². The SMILES string of the molecule is CN1C[C@H](NC(=O)c2cc(C(=O)NCc3ccc4c(c3)NC(=O)CO4)nc3c(F)cnn23)C1=O. The van der Waals surface area contributed by atoms with Crippen molar-refractivity contribution < 1.29 is 28.3 Å². The third kappa shape index (κ3) is 3.76. The highest BCUT2D eigenvalue weighted by Gasteiger charge is 2.35. The second-order valence-electron chi connectivity index (χ2n) is 7.85. The quantitative estimate of drug-likeness (QED) is 0.437. The van der Waals surface area contributed by atoms with E-state index < -0.39 is 23.7 Å². The number of likely N-dealkylation sites (N-methyl/N-ethyl adjacent to an activating group) is 1. The largest absolute Gasteiger partial charge is 0.482 e. The monoisotopic (exact) mass is 467 g/mol. The van der Waals surface area contributed by atoms with E-state index in [1.165, 1.54) is 11.0 Å². The van der Waals surface area contributed by atoms with Crippen molar-refractivity contribution in [2.45, 2.75) is 12.6 Å². The summed E-state index contributed by atoms with van der Waals surface area (Å²) in [6.07, 6.45) is 0.882. The molecule has 1 saturated heterocycles. The first-order valence-electron chi connectivity index (χ1n) is 10.2. The molecule has 0 saturated carbocycles. The molecule has 174 valence electrons. The van der Waals surface area contributed by atoms with Gasteiger partial charge in [-0.2, -0.15) is 5.10 Å². The van der Waals surface area contributed by atoms with E-state index in [0.29, 0.717) is 23.5 Å². The van der Waals surface area contributed by atoms with E-state index in [4.69, 9.17) is 4.74 Å². The van der Waals surface area contributed by atoms with E-state index in [1.54, 1.807) is 25.2 Å². The molecule has 3 N–H and O–H groups in total. The number of hydrogen-bond acceptors (Lipinski definition) is 7. The Hall–Kier alpha value is -4.55. The van der Waals surface area contributed by atoms with Crippen molar-refractivity contribution in [2.75, 3.05) is 25.5 Å². The van der Waals surface area contributed by atoms with Crippen LogP contribution in [-0.2, 0) is 16.1 Å². The molecule has 2 aromatic heterocycles. The van der Waals surface area contributed by atoms with Gasteiger partial charge in [-0.1, -0.05) is 6.07 Å². The fourth-order valence-electron chi connectivity index (χ4n) is 3.66. The second kappa shape index (κ2) is 8.10. The Morgan fingerprint density at radius 1 is 1.26 bits per heavy atom. The van der Waals surface area contributed by atoms with Crippen molar-refractivity contribution in [3.63, 3.8) is 0 Å². The van der Waals surface area contributed by atoms with Crippen LogP contribution in [0, 0.1) is 5.82 Å². The molecule has 3 aromatic rings. The second-order valence-corrected chi connectivity index (χ2v) is 7.85. The standard InChI is InChI=1S/C21H18FN7O5/c1-28-8-14(21(28)33)27-20(32)15-5-13(26-18-11(22)7-24-29(15)18)19(31)23-6-10-2-3-16-12(4-10)25-17(30)9-34-16/h2-5,7,14H,6,8-9H2,1H3,(H,23,31)(H,25,30)(H,27,32)/t14-/m0/s1. The number of β-lactam (4-membered cyclic amide) rings is 1. The summed E-state index contributed by atoms with van der Waals surface area (Å²) in [5.74, 6) is -2.18. The molecule has 1 aromatic carbocycles. The van der Waals surface area contributed by atoms with Gasteiger partial charge in [0.15, 0.2) is 18.1 Å². The van der Waals surface area contributed by atoms with Gasteiger partial charge in [0.1, 0.15) is 23.2 Å². The summed E-state index contributed by atoms with van der Waals surface area (Å²) in [6.45, 7) is 0.344. The molecule has 1 fully saturated rings. The van der Waals surface area contributed by atoms with Gasteiger partial charge < -0.3 is 25.6 Å². The van der Waals surface area contributed by atoms with E-state index in [0.717, 1.165) is 10.7 Å². The van der Waals surface area contributed by atoms with E-state index >= 15 is 0 Å². The van der Waals surface area contributed by atoms with Gasteiger partial charge in [0.25, 0.3) is 17.7 Å². The summed E-state index contributed by atoms with van der Waals surface area (Å²) in [7, 11) is 1.60. The van der Waals surface area contributed by atoms with Crippen LogP contribution in [0.3, 0.4) is 0 Å². The van der Waals surface area contributed by atoms with Crippen molar-refractivity contribution in [1.29, 1.82) is 0 Å². The van der Waals surface area contributed by atoms with Gasteiger partial charge in [-0.05, 0) is 17.7 Å². The molecule has 4 amide bonds. The number of nitrogens with one attached hydrogen (secondary N) is 3. The summed E-state index contributed by atoms with van der Waals surface area (Å²) in [4.78, 5) is 54.3. The number of aromatic nitrogens is 3. The third-order valence-corrected chi connectivity index (χ3v) is 5.46. The van der Waals surface area contributed by atoms with Crippen LogP contribution in [0.5, 0.6) is 5.75 Å². The summed E-state index contributed by atoms with van der Waals surface area (Å²) >= 11 is 0. The smallest absolute Gasteiger partial charge is 0.270 e. The van der Waals surface area contributed by atoms with Gasteiger partial charge in [-0.3, -0.25) is 19.2 Å². The van der Waals surface area contributed by atoms with Crippen LogP contribution < -0.4 is 20.7 Å². The third-order valence-electron chi connectivity index (χ3n) is 5.46. The summed E-state index contributed by atoms with van der Waals surface area (Å²) in [5, 5.41) is 11.7. The molecule has 34 heavy (non-hydrogen) atoms. The van der Waals surface area contributed by atoms with Crippen molar-refractivity contribution in [1.82, 2.24) is 30.1 Å². The van der Waals surface area contributed by atoms with Crippen molar-refractivity contribution >= 4 is 35.0 Å². The molecular weight excluding hydrogens is 449 g/mol. The minimum Gasteiger partial charge on any atom is -0.482 e. The molecule has 13 heteroatoms. The number of nitrogens with zero attached hydrogens (tertiary/aromatic N) is 4. The fourth-order valence-corrected chi connectivity index (χ4v) is 3.66. The van der Waals surface area contributed by atoms with Crippen LogP contribution in [0.25, 0.3) is 5.65 Å². The number of halogens is 1. The van der Waals surface area contributed by atoms with Crippen LogP contribution in [-0.4, -0.2) is 69.4 Å². The number of anilines is 1. The first-order chi connectivity index (χ1) is 16.3. The number of carbonyl (C=O) groups excluding carboxylic acids is 4. The fraction of sp³-hybridized carbons (Fsp3) is 0.238. The van der Waals surface area contributed by atoms with Crippen LogP contribution in [0.15, 0.2) is 30.5 Å². The Labute approximate surface area is 191 Å². The molecule has 1 atom stereocenters. The maximum Gasteiger partial charge on any atom is 0.270 e. The van der Waals surface area contributed by atoms with Crippen molar-refractivity contribution in [3.05, 3.63) is 53.2 Å². The summed E-state index contributed by atoms with van der Waals surface area (Å²) in [5.41, 5.74) is 0.501. The highest BCUT2D eigenvalue weighted by atomic mass is 19.1. The van der Waals surface area contributed by atoms with Gasteiger partial charge in [0.05, 0.1) is 11.9 Å². The van der Waals surface area contributed by atoms with Gasteiger partial charge in [0.2, 0.25) is 5.91 Å². The van der Waals surface area contributed by atoms with Gasteiger partial charge in [-0.25, -0.2) is 13.9 Å². The topological polar surface area (TPSA) is 147 Å². The average Bonchev–Trinajstić information content (AvgIpc) is 3.21. The molecule has 0 unspecified atom stereocenters. The number of fused-ring (bicyclic) bond motifs is 2. The average molecular weight is 467 g/mol. The Morgan fingerprint density at radius 2 is 2.09 bits per heavy atom. The predicted molar refractivity (Wildman–Crippen MR) is 114 cm³/mol. The molecule has 2 aliphatic heterocycles. The number of hydrogen-bond donors (Lipinski definition) is 3. The maximum atomic E-state index is 14.2. The first-order valence-corrected chi connectivity index (χ1v) is 10.2. The molecule has 0 radical (unpaired) electrons. The maximum absolute atomic E-state index is 14.2. The molecule has 0 bridgehead atoms. The highest BCUT2D eigenvalue weighted by Crippen LogP contribution is 2.28. The molecular formula is C21H18FN7O5. The van der Waals surface area contributed by atoms with E-state index in [-0.39, 0.29) is 42.0 Å². The van der Waals surface area contributed by atoms with Crippen LogP contribution in [0.2, 0.25) is 0 Å². The Morgan fingerprint density at radius 3 is 2.85 bits per heavy atom. The van der Waals surface area contributed by atoms with E-state index in [1.807, 2.05) is 0 Å². The lowest BCUT2D eigenvalue weighted by Gasteiger charge is -2.35. The molecule has 5 rings (SSSR count). The molecule has 0 spiro atoms. The summed E-state index contributed by atoms with van der Waals surface area (Å²) < 4.78 is 20.5. The number of carbonyl (C=O) groups is 4. The van der Waals surface area contributed by atoms with Crippen LogP contribution in [0.1, 0.15) is 26.5 Å². The minimum atomic E-state index is -0.811. The molecule has 2 aliphatic rings. The Balaban J connectivity index is 1.36. The first kappa shape index (κ1) is 21.3. The molecule has 0 aliphatic carbocycles. The van der Waals surface area contributed by atoms with Gasteiger partial charge >= 0.3 is 0 Å². The molecule has 4 heterocycles. The highest BCUT2D eigenvalue weighted by molar-refractivity contribution is 6.01. The number of rotatable bonds is 5.